The van der Waals surface area contributed by atoms with Gasteiger partial charge in [-0.2, -0.15) is 5.10 Å². The monoisotopic (exact) mass is 430 g/mol. The summed E-state index contributed by atoms with van der Waals surface area (Å²) in [5.74, 6) is -0.147. The predicted molar refractivity (Wildman–Crippen MR) is 127 cm³/mol. The lowest BCUT2D eigenvalue weighted by atomic mass is 10.0. The van der Waals surface area contributed by atoms with Crippen molar-refractivity contribution in [2.75, 3.05) is 5.32 Å². The number of amides is 1. The third kappa shape index (κ3) is 4.44. The molecule has 0 bridgehead atoms. The average molecular weight is 431 g/mol. The largest absolute Gasteiger partial charge is 0.321 e. The Morgan fingerprint density at radius 2 is 1.52 bits per heavy atom. The topological polar surface area (TPSA) is 59.8 Å². The van der Waals surface area contributed by atoms with Gasteiger partial charge in [-0.1, -0.05) is 58.9 Å². The van der Waals surface area contributed by atoms with E-state index < -0.39 is 0 Å². The zero-order valence-electron chi connectivity index (χ0n) is 18.5. The Bertz CT molecular complexity index is 1230. The Morgan fingerprint density at radius 1 is 0.903 bits per heavy atom. The third-order valence-electron chi connectivity index (χ3n) is 5.42. The summed E-state index contributed by atoms with van der Waals surface area (Å²) in [7, 11) is 0. The highest BCUT2D eigenvalue weighted by Crippen LogP contribution is 2.27. The van der Waals surface area contributed by atoms with Crippen molar-refractivity contribution in [3.05, 3.63) is 92.7 Å². The molecule has 0 saturated heterocycles. The van der Waals surface area contributed by atoms with Gasteiger partial charge in [0.05, 0.1) is 11.4 Å². The van der Waals surface area contributed by atoms with Crippen molar-refractivity contribution < 1.29 is 4.79 Å². The minimum absolute atomic E-state index is 0.147. The Hall–Kier alpha value is -3.25. The maximum Gasteiger partial charge on any atom is 0.267 e. The van der Waals surface area contributed by atoms with Crippen molar-refractivity contribution in [3.8, 4) is 5.13 Å². The van der Waals surface area contributed by atoms with Crippen molar-refractivity contribution in [2.45, 2.75) is 41.0 Å². The van der Waals surface area contributed by atoms with Crippen LogP contribution >= 0.6 is 11.3 Å². The maximum absolute atomic E-state index is 12.8. The van der Waals surface area contributed by atoms with E-state index in [0.29, 0.717) is 15.7 Å². The maximum atomic E-state index is 12.8. The lowest BCUT2D eigenvalue weighted by Crippen LogP contribution is -2.11. The molecular weight excluding hydrogens is 404 g/mol. The van der Waals surface area contributed by atoms with Crippen LogP contribution in [0.25, 0.3) is 5.13 Å². The first-order chi connectivity index (χ1) is 14.8. The molecule has 0 aliphatic carbocycles. The number of nitrogens with one attached hydrogen (secondary N) is 1. The molecule has 0 aliphatic heterocycles. The summed E-state index contributed by atoms with van der Waals surface area (Å²) in [6, 6.07) is 16.4. The van der Waals surface area contributed by atoms with Gasteiger partial charge in [0, 0.05) is 23.4 Å². The Kier molecular flexibility index (Phi) is 5.74. The fourth-order valence-electron chi connectivity index (χ4n) is 3.54. The molecule has 1 amide bonds. The number of carbonyl (C=O) groups excluding carboxylic acids is 1. The van der Waals surface area contributed by atoms with Crippen LogP contribution in [0.5, 0.6) is 0 Å². The third-order valence-corrected chi connectivity index (χ3v) is 6.56. The summed E-state index contributed by atoms with van der Waals surface area (Å²) in [5.41, 5.74) is 8.37. The van der Waals surface area contributed by atoms with Crippen LogP contribution in [0.3, 0.4) is 0 Å². The molecule has 2 aromatic heterocycles. The molecule has 1 N–H and O–H groups in total. The summed E-state index contributed by atoms with van der Waals surface area (Å²) < 4.78 is 1.86. The molecule has 0 spiro atoms. The van der Waals surface area contributed by atoms with Crippen LogP contribution in [0.15, 0.2) is 48.5 Å². The lowest BCUT2D eigenvalue weighted by molar-refractivity contribution is 0.103. The Morgan fingerprint density at radius 3 is 2.16 bits per heavy atom. The number of aromatic nitrogens is 3. The molecular formula is C25H26N4OS. The van der Waals surface area contributed by atoms with Crippen LogP contribution in [0.1, 0.15) is 49.0 Å². The highest BCUT2D eigenvalue weighted by Gasteiger charge is 2.20. The fraction of sp³-hybridized carbons (Fsp3) is 0.240. The smallest absolute Gasteiger partial charge is 0.267 e. The van der Waals surface area contributed by atoms with Gasteiger partial charge in [-0.3, -0.25) is 4.79 Å². The van der Waals surface area contributed by atoms with E-state index >= 15 is 0 Å². The molecule has 2 heterocycles. The van der Waals surface area contributed by atoms with E-state index in [-0.39, 0.29) is 5.91 Å². The molecule has 2 aromatic carbocycles. The van der Waals surface area contributed by atoms with E-state index in [0.717, 1.165) is 29.1 Å². The van der Waals surface area contributed by atoms with Gasteiger partial charge in [0.15, 0.2) is 0 Å². The minimum Gasteiger partial charge on any atom is -0.321 e. The van der Waals surface area contributed by atoms with Gasteiger partial charge in [-0.15, -0.1) is 0 Å². The van der Waals surface area contributed by atoms with Crippen LogP contribution in [0, 0.1) is 34.6 Å². The molecule has 31 heavy (non-hydrogen) atoms. The Balaban J connectivity index is 1.59. The van der Waals surface area contributed by atoms with Gasteiger partial charge in [0.1, 0.15) is 4.88 Å². The zero-order chi connectivity index (χ0) is 22.1. The summed E-state index contributed by atoms with van der Waals surface area (Å²) >= 11 is 1.36. The number of benzene rings is 2. The normalized spacial score (nSPS) is 11.0. The van der Waals surface area contributed by atoms with Crippen molar-refractivity contribution in [3.63, 3.8) is 0 Å². The fourth-order valence-corrected chi connectivity index (χ4v) is 4.50. The van der Waals surface area contributed by atoms with E-state index in [1.165, 1.54) is 28.0 Å². The molecule has 0 fully saturated rings. The first kappa shape index (κ1) is 21.0. The van der Waals surface area contributed by atoms with Gasteiger partial charge in [-0.25, -0.2) is 9.67 Å². The van der Waals surface area contributed by atoms with E-state index in [1.54, 1.807) is 0 Å². The summed E-state index contributed by atoms with van der Waals surface area (Å²) in [6.07, 6.45) is 0.822. The second-order valence-electron chi connectivity index (χ2n) is 7.95. The second kappa shape index (κ2) is 8.47. The predicted octanol–water partition coefficient (Wildman–Crippen LogP) is 5.71. The number of nitrogens with zero attached hydrogens (tertiary/aromatic N) is 3. The van der Waals surface area contributed by atoms with E-state index in [1.807, 2.05) is 49.7 Å². The molecule has 4 rings (SSSR count). The summed E-state index contributed by atoms with van der Waals surface area (Å²) in [6.45, 7) is 10.1. The van der Waals surface area contributed by atoms with Crippen molar-refractivity contribution in [1.82, 2.24) is 14.8 Å². The molecule has 0 saturated carbocycles. The molecule has 0 unspecified atom stereocenters. The molecule has 5 nitrogen and oxygen atoms in total. The Labute approximate surface area is 186 Å². The van der Waals surface area contributed by atoms with Crippen LogP contribution in [-0.2, 0) is 6.42 Å². The van der Waals surface area contributed by atoms with E-state index in [4.69, 9.17) is 5.10 Å². The van der Waals surface area contributed by atoms with Gasteiger partial charge < -0.3 is 5.32 Å². The van der Waals surface area contributed by atoms with Gasteiger partial charge >= 0.3 is 0 Å². The standard InChI is InChI=1S/C25H26N4OS/c1-15-6-10-20(11-7-15)14-22-17(3)28-29(19(22)5)25-26-18(4)23(31-25)24(30)27-21-12-8-16(2)9-13-21/h6-13H,14H2,1-5H3,(H,27,30). The summed E-state index contributed by atoms with van der Waals surface area (Å²) in [5, 5.41) is 8.41. The molecule has 0 atom stereocenters. The number of rotatable bonds is 5. The number of hydrogen-bond acceptors (Lipinski definition) is 4. The van der Waals surface area contributed by atoms with Crippen LogP contribution in [0.4, 0.5) is 5.69 Å². The number of hydrogen-bond donors (Lipinski definition) is 1. The van der Waals surface area contributed by atoms with Crippen molar-refractivity contribution >= 4 is 22.9 Å². The van der Waals surface area contributed by atoms with E-state index in [2.05, 4.69) is 48.4 Å². The van der Waals surface area contributed by atoms with Crippen molar-refractivity contribution in [1.29, 1.82) is 0 Å². The highest BCUT2D eigenvalue weighted by molar-refractivity contribution is 7.16. The zero-order valence-corrected chi connectivity index (χ0v) is 19.3. The molecule has 6 heteroatoms. The number of thiazole rings is 1. The molecule has 158 valence electrons. The molecule has 0 aliphatic rings. The van der Waals surface area contributed by atoms with Crippen LogP contribution < -0.4 is 5.32 Å². The quantitative estimate of drug-likeness (QED) is 0.441. The average Bonchev–Trinajstić information content (AvgIpc) is 3.26. The molecule has 4 aromatic rings. The lowest BCUT2D eigenvalue weighted by Gasteiger charge is -2.04. The number of aryl methyl sites for hydroxylation is 4. The van der Waals surface area contributed by atoms with Gasteiger partial charge in [0.2, 0.25) is 5.13 Å². The summed E-state index contributed by atoms with van der Waals surface area (Å²) in [4.78, 5) is 18.1. The SMILES string of the molecule is Cc1ccc(Cc2c(C)nn(-c3nc(C)c(C(=O)Nc4ccc(C)cc4)s3)c2C)cc1. The second-order valence-corrected chi connectivity index (χ2v) is 8.93. The minimum atomic E-state index is -0.147. The van der Waals surface area contributed by atoms with Gasteiger partial charge in [0.25, 0.3) is 5.91 Å². The first-order valence-electron chi connectivity index (χ1n) is 10.3. The van der Waals surface area contributed by atoms with Crippen molar-refractivity contribution in [2.24, 2.45) is 0 Å². The molecule has 0 radical (unpaired) electrons. The highest BCUT2D eigenvalue weighted by atomic mass is 32.1. The number of anilines is 1. The van der Waals surface area contributed by atoms with Crippen LogP contribution in [0.2, 0.25) is 0 Å². The first-order valence-corrected chi connectivity index (χ1v) is 11.1. The van der Waals surface area contributed by atoms with Gasteiger partial charge in [-0.05, 0) is 52.3 Å². The van der Waals surface area contributed by atoms with Crippen LogP contribution in [-0.4, -0.2) is 20.7 Å². The number of carbonyl (C=O) groups is 1. The van der Waals surface area contributed by atoms with E-state index in [9.17, 15) is 4.79 Å².